The number of aromatic nitrogens is 6. The number of halogens is 1. The Balaban J connectivity index is 1.18. The molecule has 1 amide bonds. The smallest absolute Gasteiger partial charge is 0.238 e. The van der Waals surface area contributed by atoms with Crippen molar-refractivity contribution in [1.29, 1.82) is 0 Å². The summed E-state index contributed by atoms with van der Waals surface area (Å²) in [5.41, 5.74) is 6.31. The molecule has 5 heterocycles. The Morgan fingerprint density at radius 1 is 1.00 bits per heavy atom. The van der Waals surface area contributed by atoms with Crippen molar-refractivity contribution in [2.24, 2.45) is 0 Å². The number of fused-ring (bicyclic) bond motifs is 2. The number of likely N-dealkylation sites (N-methyl/N-ethyl adjacent to an activating group) is 1. The van der Waals surface area contributed by atoms with Gasteiger partial charge in [-0.3, -0.25) is 24.8 Å². The minimum absolute atomic E-state index is 0.116. The number of pyridine rings is 2. The molecule has 0 aliphatic carbocycles. The molecular weight excluding hydrogens is 585 g/mol. The lowest BCUT2D eigenvalue weighted by Crippen LogP contribution is -2.27. The average Bonchev–Trinajstić information content (AvgIpc) is 3.80. The maximum Gasteiger partial charge on any atom is 0.238 e. The van der Waals surface area contributed by atoms with E-state index in [0.29, 0.717) is 46.3 Å². The Bertz CT molecular complexity index is 2030. The van der Waals surface area contributed by atoms with Crippen LogP contribution in [0.15, 0.2) is 67.1 Å². The van der Waals surface area contributed by atoms with Crippen molar-refractivity contribution in [3.8, 4) is 39.7 Å². The topological polar surface area (TPSA) is 128 Å². The summed E-state index contributed by atoms with van der Waals surface area (Å²) in [6.07, 6.45) is 7.48. The molecule has 234 valence electrons. The highest BCUT2D eigenvalue weighted by atomic mass is 19.1. The van der Waals surface area contributed by atoms with Crippen LogP contribution in [0.1, 0.15) is 12.8 Å². The summed E-state index contributed by atoms with van der Waals surface area (Å²) >= 11 is 0. The molecule has 11 nitrogen and oxygen atoms in total. The summed E-state index contributed by atoms with van der Waals surface area (Å²) in [6.45, 7) is 3.75. The Hall–Kier alpha value is -5.20. The zero-order valence-corrected chi connectivity index (χ0v) is 25.7. The molecule has 3 N–H and O–H groups in total. The fourth-order valence-corrected chi connectivity index (χ4v) is 5.87. The molecule has 1 aliphatic rings. The van der Waals surface area contributed by atoms with Crippen LogP contribution in [0, 0.1) is 5.82 Å². The molecular formula is C34H34FN9O2. The van der Waals surface area contributed by atoms with Gasteiger partial charge in [0.25, 0.3) is 0 Å². The molecule has 0 spiro atoms. The number of nitrogens with one attached hydrogen (secondary N) is 3. The Morgan fingerprint density at radius 2 is 1.87 bits per heavy atom. The number of hydrogen-bond donors (Lipinski definition) is 3. The number of ether oxygens (including phenoxy) is 1. The number of carbonyl (C=O) groups is 1. The van der Waals surface area contributed by atoms with E-state index in [2.05, 4.69) is 35.4 Å². The van der Waals surface area contributed by atoms with Gasteiger partial charge >= 0.3 is 0 Å². The van der Waals surface area contributed by atoms with Crippen LogP contribution >= 0.6 is 0 Å². The molecule has 12 heteroatoms. The van der Waals surface area contributed by atoms with Crippen molar-refractivity contribution < 1.29 is 13.9 Å². The molecule has 1 saturated heterocycles. The van der Waals surface area contributed by atoms with Crippen molar-refractivity contribution in [2.45, 2.75) is 12.8 Å². The van der Waals surface area contributed by atoms with E-state index in [1.165, 1.54) is 25.0 Å². The van der Waals surface area contributed by atoms with Gasteiger partial charge in [0.05, 0.1) is 35.2 Å². The van der Waals surface area contributed by atoms with Gasteiger partial charge in [0.2, 0.25) is 5.91 Å². The quantitative estimate of drug-likeness (QED) is 0.187. The van der Waals surface area contributed by atoms with E-state index in [1.807, 2.05) is 50.5 Å². The number of likely N-dealkylation sites (tertiary alicyclic amines) is 1. The maximum absolute atomic E-state index is 14.8. The number of benzene rings is 2. The number of rotatable bonds is 10. The van der Waals surface area contributed by atoms with E-state index in [1.54, 1.807) is 23.5 Å². The molecule has 1 aliphatic heterocycles. The first-order valence-corrected chi connectivity index (χ1v) is 15.3. The normalized spacial score (nSPS) is 13.7. The van der Waals surface area contributed by atoms with Gasteiger partial charge in [0.15, 0.2) is 5.82 Å². The Labute approximate surface area is 264 Å². The third kappa shape index (κ3) is 6.30. The highest BCUT2D eigenvalue weighted by Crippen LogP contribution is 2.34. The average molecular weight is 620 g/mol. The molecule has 4 aromatic heterocycles. The molecule has 0 radical (unpaired) electrons. The van der Waals surface area contributed by atoms with Crippen molar-refractivity contribution in [2.75, 3.05) is 52.2 Å². The van der Waals surface area contributed by atoms with E-state index < -0.39 is 5.82 Å². The largest absolute Gasteiger partial charge is 0.492 e. The van der Waals surface area contributed by atoms with E-state index in [9.17, 15) is 9.18 Å². The SMILES string of the molecule is CN(C)CC(=O)Nc1cncc(-c2ccc3[nH]nc(-c4nc5c(-c6cc(F)cc(OCCN7CCCC7)c6)nccc5[nH]4)c3c2)c1. The monoisotopic (exact) mass is 619 g/mol. The second-order valence-electron chi connectivity index (χ2n) is 11.8. The molecule has 0 saturated carbocycles. The standard InChI is InChI=1S/C34H34FN9O2/c1-43(2)20-30(45)38-25-14-23(18-36-19-25)21-5-6-28-27(16-21)32(42-41-28)34-39-29-7-8-37-31(33(29)40-34)22-13-24(35)17-26(15-22)46-12-11-44-9-3-4-10-44/h5-8,13-19H,3-4,9-12,20H2,1-2H3,(H,38,45)(H,39,40)(H,41,42). The summed E-state index contributed by atoms with van der Waals surface area (Å²) in [5, 5.41) is 11.4. The van der Waals surface area contributed by atoms with E-state index in [-0.39, 0.29) is 12.5 Å². The third-order valence-corrected chi connectivity index (χ3v) is 8.02. The number of amides is 1. The van der Waals surface area contributed by atoms with Crippen molar-refractivity contribution in [1.82, 2.24) is 39.9 Å². The highest BCUT2D eigenvalue weighted by Gasteiger charge is 2.18. The number of carbonyl (C=O) groups excluding carboxylic acids is 1. The van der Waals surface area contributed by atoms with Crippen LogP contribution in [0.3, 0.4) is 0 Å². The van der Waals surface area contributed by atoms with Crippen LogP contribution < -0.4 is 10.1 Å². The minimum Gasteiger partial charge on any atom is -0.492 e. The summed E-state index contributed by atoms with van der Waals surface area (Å²) < 4.78 is 20.7. The first-order valence-electron chi connectivity index (χ1n) is 15.3. The molecule has 1 fully saturated rings. The van der Waals surface area contributed by atoms with Crippen LogP contribution in [0.25, 0.3) is 55.8 Å². The molecule has 0 bridgehead atoms. The number of hydrogen-bond acceptors (Lipinski definition) is 8. The van der Waals surface area contributed by atoms with Gasteiger partial charge in [-0.25, -0.2) is 9.37 Å². The lowest BCUT2D eigenvalue weighted by atomic mass is 10.0. The first-order chi connectivity index (χ1) is 22.4. The van der Waals surface area contributed by atoms with E-state index in [4.69, 9.17) is 9.72 Å². The van der Waals surface area contributed by atoms with E-state index in [0.717, 1.165) is 47.2 Å². The lowest BCUT2D eigenvalue weighted by Gasteiger charge is -2.15. The second-order valence-corrected chi connectivity index (χ2v) is 11.8. The second kappa shape index (κ2) is 12.7. The molecule has 7 rings (SSSR count). The summed E-state index contributed by atoms with van der Waals surface area (Å²) in [4.78, 5) is 33.6. The van der Waals surface area contributed by atoms with Gasteiger partial charge in [-0.2, -0.15) is 5.10 Å². The van der Waals surface area contributed by atoms with Crippen molar-refractivity contribution >= 4 is 33.5 Å². The zero-order valence-electron chi connectivity index (χ0n) is 25.7. The third-order valence-electron chi connectivity index (χ3n) is 8.02. The fraction of sp³-hybridized carbons (Fsp3) is 0.265. The maximum atomic E-state index is 14.8. The van der Waals surface area contributed by atoms with Gasteiger partial charge in [-0.05, 0) is 82.0 Å². The van der Waals surface area contributed by atoms with Gasteiger partial charge in [-0.15, -0.1) is 0 Å². The Morgan fingerprint density at radius 3 is 2.72 bits per heavy atom. The van der Waals surface area contributed by atoms with Crippen LogP contribution in [0.4, 0.5) is 10.1 Å². The predicted octanol–water partition coefficient (Wildman–Crippen LogP) is 5.34. The van der Waals surface area contributed by atoms with Gasteiger partial charge in [0.1, 0.15) is 29.4 Å². The highest BCUT2D eigenvalue weighted by molar-refractivity contribution is 5.98. The lowest BCUT2D eigenvalue weighted by molar-refractivity contribution is -0.116. The number of aromatic amines is 2. The van der Waals surface area contributed by atoms with Crippen molar-refractivity contribution in [3.63, 3.8) is 0 Å². The van der Waals surface area contributed by atoms with Gasteiger partial charge < -0.3 is 19.9 Å². The molecule has 0 unspecified atom stereocenters. The van der Waals surface area contributed by atoms with E-state index >= 15 is 0 Å². The van der Waals surface area contributed by atoms with Crippen LogP contribution in [-0.2, 0) is 4.79 Å². The Kier molecular flexibility index (Phi) is 8.12. The number of nitrogens with zero attached hydrogens (tertiary/aromatic N) is 6. The van der Waals surface area contributed by atoms with Gasteiger partial charge in [-0.1, -0.05) is 6.07 Å². The predicted molar refractivity (Wildman–Crippen MR) is 176 cm³/mol. The van der Waals surface area contributed by atoms with Crippen LogP contribution in [-0.4, -0.2) is 92.7 Å². The summed E-state index contributed by atoms with van der Waals surface area (Å²) in [7, 11) is 3.69. The molecule has 2 aromatic carbocycles. The van der Waals surface area contributed by atoms with Crippen molar-refractivity contribution in [3.05, 3.63) is 72.9 Å². The number of H-pyrrole nitrogens is 2. The summed E-state index contributed by atoms with van der Waals surface area (Å²) in [5.74, 6) is 0.499. The number of imidazole rings is 1. The molecule has 46 heavy (non-hydrogen) atoms. The van der Waals surface area contributed by atoms with Crippen LogP contribution in [0.5, 0.6) is 5.75 Å². The summed E-state index contributed by atoms with van der Waals surface area (Å²) in [6, 6.07) is 14.3. The number of anilines is 1. The minimum atomic E-state index is -0.398. The fourth-order valence-electron chi connectivity index (χ4n) is 5.87. The zero-order chi connectivity index (χ0) is 31.6. The first kappa shape index (κ1) is 29.5. The molecule has 6 aromatic rings. The van der Waals surface area contributed by atoms with Gasteiger partial charge in [0, 0.05) is 41.5 Å². The molecule has 0 atom stereocenters. The van der Waals surface area contributed by atoms with Crippen LogP contribution in [0.2, 0.25) is 0 Å².